The molecule has 0 aromatic heterocycles. The number of amides is 2. The minimum atomic E-state index is -0.645. The van der Waals surface area contributed by atoms with Crippen molar-refractivity contribution in [2.45, 2.75) is 26.7 Å². The standard InChI is InChI=1S/C9H15N3O2/c1-7(2)10-11-8(13)9(14)12-5-3-4-6-12/h3-6H2,1-2H3,(H,11,13). The second-order valence-corrected chi connectivity index (χ2v) is 3.50. The van der Waals surface area contributed by atoms with Gasteiger partial charge in [0.25, 0.3) is 0 Å². The van der Waals surface area contributed by atoms with E-state index in [1.165, 1.54) is 0 Å². The van der Waals surface area contributed by atoms with Crippen molar-refractivity contribution in [3.8, 4) is 0 Å². The van der Waals surface area contributed by atoms with Crippen molar-refractivity contribution in [3.63, 3.8) is 0 Å². The quantitative estimate of drug-likeness (QED) is 0.369. The van der Waals surface area contributed by atoms with Crippen LogP contribution in [-0.4, -0.2) is 35.5 Å². The molecule has 0 aromatic carbocycles. The maximum atomic E-state index is 11.4. The van der Waals surface area contributed by atoms with Gasteiger partial charge in [0.15, 0.2) is 0 Å². The third-order valence-corrected chi connectivity index (χ3v) is 1.97. The second kappa shape index (κ2) is 4.74. The summed E-state index contributed by atoms with van der Waals surface area (Å²) in [5.74, 6) is -1.12. The van der Waals surface area contributed by atoms with Crippen LogP contribution in [0, 0.1) is 0 Å². The second-order valence-electron chi connectivity index (χ2n) is 3.50. The lowest BCUT2D eigenvalue weighted by atomic mass is 10.4. The molecular formula is C9H15N3O2. The number of carbonyl (C=O) groups is 2. The molecule has 1 saturated heterocycles. The molecule has 5 heteroatoms. The summed E-state index contributed by atoms with van der Waals surface area (Å²) < 4.78 is 0. The lowest BCUT2D eigenvalue weighted by Crippen LogP contribution is -2.39. The first-order valence-corrected chi connectivity index (χ1v) is 4.71. The zero-order chi connectivity index (χ0) is 10.6. The van der Waals surface area contributed by atoms with Crippen molar-refractivity contribution in [2.75, 3.05) is 13.1 Å². The summed E-state index contributed by atoms with van der Waals surface area (Å²) in [5, 5.41) is 3.69. The lowest BCUT2D eigenvalue weighted by Gasteiger charge is -2.12. The Morgan fingerprint density at radius 3 is 2.29 bits per heavy atom. The Morgan fingerprint density at radius 2 is 1.79 bits per heavy atom. The molecule has 1 aliphatic rings. The van der Waals surface area contributed by atoms with Gasteiger partial charge in [0.1, 0.15) is 0 Å². The molecule has 0 aromatic rings. The van der Waals surface area contributed by atoms with Gasteiger partial charge in [-0.3, -0.25) is 9.59 Å². The molecule has 78 valence electrons. The van der Waals surface area contributed by atoms with Gasteiger partial charge in [-0.25, -0.2) is 5.43 Å². The fraction of sp³-hybridized carbons (Fsp3) is 0.667. The highest BCUT2D eigenvalue weighted by Gasteiger charge is 2.23. The predicted molar refractivity (Wildman–Crippen MR) is 52.7 cm³/mol. The highest BCUT2D eigenvalue weighted by atomic mass is 16.2. The summed E-state index contributed by atoms with van der Waals surface area (Å²) >= 11 is 0. The van der Waals surface area contributed by atoms with Crippen molar-refractivity contribution in [1.29, 1.82) is 0 Å². The van der Waals surface area contributed by atoms with Gasteiger partial charge in [-0.05, 0) is 26.7 Å². The summed E-state index contributed by atoms with van der Waals surface area (Å²) in [5.41, 5.74) is 2.93. The van der Waals surface area contributed by atoms with Crippen LogP contribution in [0.1, 0.15) is 26.7 Å². The van der Waals surface area contributed by atoms with Crippen LogP contribution in [0.2, 0.25) is 0 Å². The van der Waals surface area contributed by atoms with E-state index in [9.17, 15) is 9.59 Å². The molecule has 1 heterocycles. The SMILES string of the molecule is CC(C)=NNC(=O)C(=O)N1CCCC1. The molecule has 0 radical (unpaired) electrons. The van der Waals surface area contributed by atoms with Crippen molar-refractivity contribution in [3.05, 3.63) is 0 Å². The van der Waals surface area contributed by atoms with E-state index in [1.807, 2.05) is 0 Å². The van der Waals surface area contributed by atoms with Crippen LogP contribution in [0.4, 0.5) is 0 Å². The molecule has 0 bridgehead atoms. The van der Waals surface area contributed by atoms with E-state index in [1.54, 1.807) is 18.7 Å². The van der Waals surface area contributed by atoms with Crippen LogP contribution in [-0.2, 0) is 9.59 Å². The molecule has 0 unspecified atom stereocenters. The van der Waals surface area contributed by atoms with E-state index < -0.39 is 11.8 Å². The summed E-state index contributed by atoms with van der Waals surface area (Å²) in [4.78, 5) is 24.2. The van der Waals surface area contributed by atoms with Gasteiger partial charge in [-0.15, -0.1) is 0 Å². The average molecular weight is 197 g/mol. The van der Waals surface area contributed by atoms with E-state index in [2.05, 4.69) is 10.5 Å². The van der Waals surface area contributed by atoms with E-state index in [0.29, 0.717) is 18.8 Å². The fourth-order valence-electron chi connectivity index (χ4n) is 1.27. The summed E-state index contributed by atoms with van der Waals surface area (Å²) in [7, 11) is 0. The first-order chi connectivity index (χ1) is 6.61. The summed E-state index contributed by atoms with van der Waals surface area (Å²) in [6.07, 6.45) is 1.96. The number of rotatable bonds is 1. The van der Waals surface area contributed by atoms with Crippen molar-refractivity contribution in [2.24, 2.45) is 5.10 Å². The Balaban J connectivity index is 2.44. The molecule has 14 heavy (non-hydrogen) atoms. The average Bonchev–Trinajstić information content (AvgIpc) is 2.65. The number of carbonyl (C=O) groups excluding carboxylic acids is 2. The molecule has 2 amide bonds. The minimum absolute atomic E-state index is 0.479. The van der Waals surface area contributed by atoms with Gasteiger partial charge >= 0.3 is 11.8 Å². The van der Waals surface area contributed by atoms with Crippen LogP contribution in [0.5, 0.6) is 0 Å². The van der Waals surface area contributed by atoms with Crippen LogP contribution in [0.25, 0.3) is 0 Å². The monoisotopic (exact) mass is 197 g/mol. The largest absolute Gasteiger partial charge is 0.334 e. The first kappa shape index (κ1) is 10.7. The molecule has 5 nitrogen and oxygen atoms in total. The Labute approximate surface area is 83.2 Å². The van der Waals surface area contributed by atoms with Crippen molar-refractivity contribution < 1.29 is 9.59 Å². The van der Waals surface area contributed by atoms with Crippen LogP contribution >= 0.6 is 0 Å². The molecule has 1 rings (SSSR count). The Kier molecular flexibility index (Phi) is 3.62. The highest BCUT2D eigenvalue weighted by Crippen LogP contribution is 2.06. The number of likely N-dealkylation sites (tertiary alicyclic amines) is 1. The molecular weight excluding hydrogens is 182 g/mol. The zero-order valence-electron chi connectivity index (χ0n) is 8.54. The van der Waals surface area contributed by atoms with E-state index in [0.717, 1.165) is 12.8 Å². The predicted octanol–water partition coefficient (Wildman–Crippen LogP) is 0.121. The van der Waals surface area contributed by atoms with E-state index in [4.69, 9.17) is 0 Å². The number of nitrogens with one attached hydrogen (secondary N) is 1. The topological polar surface area (TPSA) is 61.8 Å². The Morgan fingerprint density at radius 1 is 1.21 bits per heavy atom. The fourth-order valence-corrected chi connectivity index (χ4v) is 1.27. The minimum Gasteiger partial charge on any atom is -0.334 e. The van der Waals surface area contributed by atoms with Gasteiger partial charge < -0.3 is 4.90 Å². The highest BCUT2D eigenvalue weighted by molar-refractivity contribution is 6.35. The normalized spacial score (nSPS) is 15.1. The molecule has 1 fully saturated rings. The smallest absolute Gasteiger partial charge is 0.329 e. The molecule has 1 N–H and O–H groups in total. The van der Waals surface area contributed by atoms with Gasteiger partial charge in [-0.1, -0.05) is 0 Å². The lowest BCUT2D eigenvalue weighted by molar-refractivity contribution is -0.145. The van der Waals surface area contributed by atoms with Gasteiger partial charge in [0, 0.05) is 18.8 Å². The summed E-state index contributed by atoms with van der Waals surface area (Å²) in [6.45, 7) is 4.86. The molecule has 0 aliphatic carbocycles. The van der Waals surface area contributed by atoms with Crippen LogP contribution in [0.3, 0.4) is 0 Å². The number of hydrogen-bond acceptors (Lipinski definition) is 3. The van der Waals surface area contributed by atoms with Crippen molar-refractivity contribution >= 4 is 17.5 Å². The van der Waals surface area contributed by atoms with Gasteiger partial charge in [-0.2, -0.15) is 5.10 Å². The van der Waals surface area contributed by atoms with Gasteiger partial charge in [0.05, 0.1) is 0 Å². The Hall–Kier alpha value is -1.39. The van der Waals surface area contributed by atoms with Crippen LogP contribution < -0.4 is 5.43 Å². The maximum Gasteiger partial charge on any atom is 0.329 e. The van der Waals surface area contributed by atoms with Gasteiger partial charge in [0.2, 0.25) is 0 Å². The third-order valence-electron chi connectivity index (χ3n) is 1.97. The Bertz CT molecular complexity index is 263. The maximum absolute atomic E-state index is 11.4. The van der Waals surface area contributed by atoms with E-state index >= 15 is 0 Å². The number of nitrogens with zero attached hydrogens (tertiary/aromatic N) is 2. The zero-order valence-corrected chi connectivity index (χ0v) is 8.54. The van der Waals surface area contributed by atoms with Crippen molar-refractivity contribution in [1.82, 2.24) is 10.3 Å². The molecule has 0 spiro atoms. The number of hydrazone groups is 1. The van der Waals surface area contributed by atoms with Crippen LogP contribution in [0.15, 0.2) is 5.10 Å². The molecule has 0 atom stereocenters. The molecule has 1 aliphatic heterocycles. The summed E-state index contributed by atoms with van der Waals surface area (Å²) in [6, 6.07) is 0. The number of hydrogen-bond donors (Lipinski definition) is 1. The third kappa shape index (κ3) is 2.83. The van der Waals surface area contributed by atoms with E-state index in [-0.39, 0.29) is 0 Å². The first-order valence-electron chi connectivity index (χ1n) is 4.71. The molecule has 0 saturated carbocycles.